The Balaban J connectivity index is 2.82. The van der Waals surface area contributed by atoms with Crippen LogP contribution in [0.5, 0.6) is 0 Å². The van der Waals surface area contributed by atoms with Crippen molar-refractivity contribution in [1.82, 2.24) is 10.2 Å². The van der Waals surface area contributed by atoms with Crippen molar-refractivity contribution in [2.24, 2.45) is 5.41 Å². The number of hydrogen-bond acceptors (Lipinski definition) is 2. The summed E-state index contributed by atoms with van der Waals surface area (Å²) in [5, 5.41) is 2.76. The van der Waals surface area contributed by atoms with Crippen molar-refractivity contribution in [3.8, 4) is 0 Å². The second-order valence-electron chi connectivity index (χ2n) is 4.03. The Hall–Kier alpha value is -1.06. The Labute approximate surface area is 84.7 Å². The second kappa shape index (κ2) is 3.98. The van der Waals surface area contributed by atoms with Crippen molar-refractivity contribution in [2.45, 2.75) is 33.6 Å². The molecule has 1 fully saturated rings. The van der Waals surface area contributed by atoms with Crippen molar-refractivity contribution < 1.29 is 9.59 Å². The predicted molar refractivity (Wildman–Crippen MR) is 53.8 cm³/mol. The summed E-state index contributed by atoms with van der Waals surface area (Å²) >= 11 is 0. The van der Waals surface area contributed by atoms with Gasteiger partial charge in [0.05, 0.1) is 5.41 Å². The maximum atomic E-state index is 11.9. The van der Waals surface area contributed by atoms with Crippen LogP contribution in [0, 0.1) is 5.41 Å². The van der Waals surface area contributed by atoms with Gasteiger partial charge in [-0.1, -0.05) is 13.8 Å². The first-order chi connectivity index (χ1) is 6.55. The first kappa shape index (κ1) is 11.0. The van der Waals surface area contributed by atoms with E-state index in [1.165, 1.54) is 4.90 Å². The lowest BCUT2D eigenvalue weighted by molar-refractivity contribution is -0.140. The van der Waals surface area contributed by atoms with E-state index in [0.717, 1.165) is 12.8 Å². The number of urea groups is 1. The standard InChI is InChI=1S/C10H18N2O2/c1-4-6-12-8(13)10(3,5-2)7-11-9(12)14/h4-7H2,1-3H3,(H,11,14). The van der Waals surface area contributed by atoms with Crippen LogP contribution in [-0.2, 0) is 4.79 Å². The van der Waals surface area contributed by atoms with Gasteiger partial charge in [-0.2, -0.15) is 0 Å². The Morgan fingerprint density at radius 3 is 2.57 bits per heavy atom. The highest BCUT2D eigenvalue weighted by Gasteiger charge is 2.41. The van der Waals surface area contributed by atoms with Gasteiger partial charge in [0.25, 0.3) is 0 Å². The average molecular weight is 198 g/mol. The maximum Gasteiger partial charge on any atom is 0.324 e. The van der Waals surface area contributed by atoms with Crippen LogP contribution >= 0.6 is 0 Å². The molecule has 0 aromatic heterocycles. The summed E-state index contributed by atoms with van der Waals surface area (Å²) < 4.78 is 0. The predicted octanol–water partition coefficient (Wildman–Crippen LogP) is 1.36. The van der Waals surface area contributed by atoms with Gasteiger partial charge in [0.2, 0.25) is 5.91 Å². The fourth-order valence-electron chi connectivity index (χ4n) is 1.56. The zero-order valence-corrected chi connectivity index (χ0v) is 9.09. The molecule has 1 aliphatic heterocycles. The molecule has 1 unspecified atom stereocenters. The fourth-order valence-corrected chi connectivity index (χ4v) is 1.56. The summed E-state index contributed by atoms with van der Waals surface area (Å²) in [4.78, 5) is 24.7. The largest absolute Gasteiger partial charge is 0.337 e. The monoisotopic (exact) mass is 198 g/mol. The van der Waals surface area contributed by atoms with E-state index in [-0.39, 0.29) is 11.9 Å². The minimum absolute atomic E-state index is 0.0365. The Morgan fingerprint density at radius 2 is 2.07 bits per heavy atom. The Kier molecular flexibility index (Phi) is 3.13. The molecule has 1 atom stereocenters. The highest BCUT2D eigenvalue weighted by atomic mass is 16.2. The minimum atomic E-state index is -0.414. The number of imide groups is 1. The van der Waals surface area contributed by atoms with Crippen LogP contribution in [0.25, 0.3) is 0 Å². The highest BCUT2D eigenvalue weighted by Crippen LogP contribution is 2.26. The molecule has 0 aromatic carbocycles. The molecule has 14 heavy (non-hydrogen) atoms. The van der Waals surface area contributed by atoms with Crippen LogP contribution in [0.15, 0.2) is 0 Å². The number of nitrogens with one attached hydrogen (secondary N) is 1. The van der Waals surface area contributed by atoms with Crippen LogP contribution in [0.1, 0.15) is 33.6 Å². The van der Waals surface area contributed by atoms with Crippen LogP contribution in [0.2, 0.25) is 0 Å². The van der Waals surface area contributed by atoms with Crippen molar-refractivity contribution in [1.29, 1.82) is 0 Å². The summed E-state index contributed by atoms with van der Waals surface area (Å²) in [6, 6.07) is -0.247. The number of rotatable bonds is 3. The minimum Gasteiger partial charge on any atom is -0.337 e. The van der Waals surface area contributed by atoms with E-state index in [4.69, 9.17) is 0 Å². The molecule has 4 heteroatoms. The molecule has 1 N–H and O–H groups in total. The molecule has 0 spiro atoms. The van der Waals surface area contributed by atoms with Crippen molar-refractivity contribution in [3.63, 3.8) is 0 Å². The molecule has 4 nitrogen and oxygen atoms in total. The van der Waals surface area contributed by atoms with Crippen molar-refractivity contribution in [2.75, 3.05) is 13.1 Å². The molecule has 0 bridgehead atoms. The summed E-state index contributed by atoms with van der Waals surface area (Å²) in [6.45, 7) is 6.80. The van der Waals surface area contributed by atoms with E-state index in [1.807, 2.05) is 20.8 Å². The fraction of sp³-hybridized carbons (Fsp3) is 0.800. The molecular formula is C10H18N2O2. The number of amides is 3. The first-order valence-electron chi connectivity index (χ1n) is 5.15. The van der Waals surface area contributed by atoms with Gasteiger partial charge in [0, 0.05) is 13.1 Å². The molecule has 0 aliphatic carbocycles. The average Bonchev–Trinajstić information content (AvgIpc) is 2.19. The molecular weight excluding hydrogens is 180 g/mol. The number of nitrogens with zero attached hydrogens (tertiary/aromatic N) is 1. The summed E-state index contributed by atoms with van der Waals surface area (Å²) in [5.74, 6) is -0.0365. The molecule has 1 rings (SSSR count). The quantitative estimate of drug-likeness (QED) is 0.744. The third kappa shape index (κ3) is 1.74. The van der Waals surface area contributed by atoms with Crippen LogP contribution in [-0.4, -0.2) is 29.9 Å². The van der Waals surface area contributed by atoms with E-state index >= 15 is 0 Å². The summed E-state index contributed by atoms with van der Waals surface area (Å²) in [7, 11) is 0. The molecule has 3 amide bonds. The van der Waals surface area contributed by atoms with Gasteiger partial charge in [0.1, 0.15) is 0 Å². The van der Waals surface area contributed by atoms with Gasteiger partial charge in [0.15, 0.2) is 0 Å². The molecule has 80 valence electrons. The van der Waals surface area contributed by atoms with Gasteiger partial charge < -0.3 is 5.32 Å². The van der Waals surface area contributed by atoms with Crippen molar-refractivity contribution in [3.05, 3.63) is 0 Å². The van der Waals surface area contributed by atoms with Gasteiger partial charge >= 0.3 is 6.03 Å². The molecule has 1 aliphatic rings. The SMILES string of the molecule is CCCN1C(=O)NCC(C)(CC)C1=O. The number of carbonyl (C=O) groups is 2. The molecule has 1 heterocycles. The van der Waals surface area contributed by atoms with E-state index in [1.54, 1.807) is 0 Å². The molecule has 0 aromatic rings. The van der Waals surface area contributed by atoms with E-state index < -0.39 is 5.41 Å². The van der Waals surface area contributed by atoms with E-state index in [0.29, 0.717) is 13.1 Å². The Morgan fingerprint density at radius 1 is 1.43 bits per heavy atom. The first-order valence-corrected chi connectivity index (χ1v) is 5.15. The molecule has 0 saturated carbocycles. The smallest absolute Gasteiger partial charge is 0.324 e. The van der Waals surface area contributed by atoms with Gasteiger partial charge in [-0.05, 0) is 19.8 Å². The van der Waals surface area contributed by atoms with Gasteiger partial charge in [-0.3, -0.25) is 9.69 Å². The normalized spacial score (nSPS) is 27.8. The van der Waals surface area contributed by atoms with Crippen molar-refractivity contribution >= 4 is 11.9 Å². The van der Waals surface area contributed by atoms with Gasteiger partial charge in [-0.15, -0.1) is 0 Å². The third-order valence-electron chi connectivity index (χ3n) is 2.86. The highest BCUT2D eigenvalue weighted by molar-refractivity contribution is 5.99. The molecule has 0 radical (unpaired) electrons. The summed E-state index contributed by atoms with van der Waals surface area (Å²) in [5.41, 5.74) is -0.414. The van der Waals surface area contributed by atoms with Crippen LogP contribution in [0.3, 0.4) is 0 Å². The second-order valence-corrected chi connectivity index (χ2v) is 4.03. The Bertz CT molecular complexity index is 253. The number of hydrogen-bond donors (Lipinski definition) is 1. The van der Waals surface area contributed by atoms with E-state index in [9.17, 15) is 9.59 Å². The van der Waals surface area contributed by atoms with Crippen LogP contribution in [0.4, 0.5) is 4.79 Å². The molecule has 1 saturated heterocycles. The van der Waals surface area contributed by atoms with E-state index in [2.05, 4.69) is 5.32 Å². The zero-order chi connectivity index (χ0) is 10.8. The lowest BCUT2D eigenvalue weighted by Gasteiger charge is -2.37. The topological polar surface area (TPSA) is 49.4 Å². The van der Waals surface area contributed by atoms with Crippen LogP contribution < -0.4 is 5.32 Å². The lowest BCUT2D eigenvalue weighted by Crippen LogP contribution is -2.59. The number of carbonyl (C=O) groups excluding carboxylic acids is 2. The van der Waals surface area contributed by atoms with Gasteiger partial charge in [-0.25, -0.2) is 4.79 Å². The lowest BCUT2D eigenvalue weighted by atomic mass is 9.84. The zero-order valence-electron chi connectivity index (χ0n) is 9.09. The summed E-state index contributed by atoms with van der Waals surface area (Å²) in [6.07, 6.45) is 1.56. The third-order valence-corrected chi connectivity index (χ3v) is 2.86. The maximum absolute atomic E-state index is 11.9.